The molecule has 0 amide bonds. The van der Waals surface area contributed by atoms with Crippen molar-refractivity contribution in [3.05, 3.63) is 34.9 Å². The van der Waals surface area contributed by atoms with Gasteiger partial charge in [0.15, 0.2) is 0 Å². The van der Waals surface area contributed by atoms with Crippen molar-refractivity contribution in [1.29, 1.82) is 0 Å². The highest BCUT2D eigenvalue weighted by atomic mass is 15.2. The minimum atomic E-state index is 0.743. The van der Waals surface area contributed by atoms with Crippen molar-refractivity contribution >= 4 is 16.7 Å². The summed E-state index contributed by atoms with van der Waals surface area (Å²) in [6.07, 6.45) is 0. The van der Waals surface area contributed by atoms with E-state index < -0.39 is 0 Å². The maximum Gasteiger partial charge on any atom is 0.143 e. The first-order valence-electron chi connectivity index (χ1n) is 4.97. The largest absolute Gasteiger partial charge is 0.308 e. The van der Waals surface area contributed by atoms with Gasteiger partial charge in [-0.1, -0.05) is 6.07 Å². The zero-order valence-corrected chi connectivity index (χ0v) is 9.26. The van der Waals surface area contributed by atoms with Crippen LogP contribution in [0.2, 0.25) is 0 Å². The van der Waals surface area contributed by atoms with E-state index in [0.717, 1.165) is 16.9 Å². The lowest BCUT2D eigenvalue weighted by atomic mass is 10.0. The zero-order chi connectivity index (χ0) is 11.0. The number of nitrogen functional groups attached to an aromatic ring is 1. The van der Waals surface area contributed by atoms with Crippen LogP contribution < -0.4 is 11.3 Å². The number of nitrogens with one attached hydrogen (secondary N) is 1. The molecule has 2 aromatic rings. The average Bonchev–Trinajstić information content (AvgIpc) is 2.18. The Hall–Kier alpha value is -1.61. The summed E-state index contributed by atoms with van der Waals surface area (Å²) in [4.78, 5) is 4.48. The number of nitrogens with zero attached hydrogens (tertiary/aromatic N) is 1. The van der Waals surface area contributed by atoms with Gasteiger partial charge in [0, 0.05) is 5.39 Å². The highest BCUT2D eigenvalue weighted by molar-refractivity contribution is 5.85. The molecule has 3 N–H and O–H groups in total. The first-order valence-corrected chi connectivity index (χ1v) is 4.97. The number of aromatic nitrogens is 1. The summed E-state index contributed by atoms with van der Waals surface area (Å²) < 4.78 is 0. The summed E-state index contributed by atoms with van der Waals surface area (Å²) in [5.41, 5.74) is 7.15. The smallest absolute Gasteiger partial charge is 0.143 e. The lowest BCUT2D eigenvalue weighted by Gasteiger charge is -2.08. The number of pyridine rings is 1. The fourth-order valence-electron chi connectivity index (χ4n) is 1.88. The van der Waals surface area contributed by atoms with Crippen LogP contribution in [0.15, 0.2) is 18.2 Å². The highest BCUT2D eigenvalue weighted by Crippen LogP contribution is 2.23. The van der Waals surface area contributed by atoms with Gasteiger partial charge in [0.05, 0.1) is 5.52 Å². The van der Waals surface area contributed by atoms with Crippen molar-refractivity contribution in [2.75, 3.05) is 5.43 Å². The average molecular weight is 201 g/mol. The first-order chi connectivity index (χ1) is 7.11. The molecule has 1 aromatic heterocycles. The van der Waals surface area contributed by atoms with E-state index in [4.69, 9.17) is 5.84 Å². The van der Waals surface area contributed by atoms with E-state index in [1.165, 1.54) is 16.5 Å². The van der Waals surface area contributed by atoms with Gasteiger partial charge in [-0.15, -0.1) is 0 Å². The van der Waals surface area contributed by atoms with Gasteiger partial charge >= 0.3 is 0 Å². The van der Waals surface area contributed by atoms with Crippen LogP contribution >= 0.6 is 0 Å². The van der Waals surface area contributed by atoms with Crippen LogP contribution in [-0.2, 0) is 0 Å². The zero-order valence-electron chi connectivity index (χ0n) is 9.26. The molecular weight excluding hydrogens is 186 g/mol. The molecule has 0 fully saturated rings. The number of hydrazine groups is 1. The van der Waals surface area contributed by atoms with E-state index in [2.05, 4.69) is 42.5 Å². The molecule has 0 bridgehead atoms. The molecule has 78 valence electrons. The summed E-state index contributed by atoms with van der Waals surface area (Å²) in [7, 11) is 0. The number of anilines is 1. The molecule has 2 rings (SSSR count). The second-order valence-corrected chi connectivity index (χ2v) is 3.95. The fourth-order valence-corrected chi connectivity index (χ4v) is 1.88. The van der Waals surface area contributed by atoms with Gasteiger partial charge in [0.2, 0.25) is 0 Å². The van der Waals surface area contributed by atoms with Crippen LogP contribution in [0.3, 0.4) is 0 Å². The van der Waals surface area contributed by atoms with Crippen LogP contribution in [0, 0.1) is 20.8 Å². The number of rotatable bonds is 1. The standard InChI is InChI=1S/C12H15N3/c1-7-4-8(2)10-6-9(3)12(15-13)14-11(10)5-7/h4-6H,13H2,1-3H3,(H,14,15). The molecule has 1 aromatic carbocycles. The molecule has 0 spiro atoms. The summed E-state index contributed by atoms with van der Waals surface area (Å²) in [6.45, 7) is 6.18. The fraction of sp³-hybridized carbons (Fsp3) is 0.250. The predicted molar refractivity (Wildman–Crippen MR) is 63.8 cm³/mol. The Morgan fingerprint density at radius 2 is 1.80 bits per heavy atom. The van der Waals surface area contributed by atoms with E-state index in [1.807, 2.05) is 6.92 Å². The van der Waals surface area contributed by atoms with Crippen LogP contribution in [-0.4, -0.2) is 4.98 Å². The second-order valence-electron chi connectivity index (χ2n) is 3.95. The molecule has 1 heterocycles. The van der Waals surface area contributed by atoms with Crippen LogP contribution in [0.1, 0.15) is 16.7 Å². The quantitative estimate of drug-likeness (QED) is 0.550. The second kappa shape index (κ2) is 3.51. The van der Waals surface area contributed by atoms with Gasteiger partial charge in [-0.05, 0) is 49.6 Å². The van der Waals surface area contributed by atoms with E-state index in [9.17, 15) is 0 Å². The van der Waals surface area contributed by atoms with E-state index >= 15 is 0 Å². The van der Waals surface area contributed by atoms with Crippen LogP contribution in [0.4, 0.5) is 5.82 Å². The van der Waals surface area contributed by atoms with E-state index in [0.29, 0.717) is 0 Å². The molecule has 3 heteroatoms. The van der Waals surface area contributed by atoms with Gasteiger partial charge in [0.25, 0.3) is 0 Å². The molecule has 15 heavy (non-hydrogen) atoms. The molecule has 0 saturated heterocycles. The third-order valence-electron chi connectivity index (χ3n) is 2.61. The van der Waals surface area contributed by atoms with Crippen LogP contribution in [0.5, 0.6) is 0 Å². The Labute approximate surface area is 89.3 Å². The molecule has 0 aliphatic heterocycles. The Balaban J connectivity index is 2.81. The molecular formula is C12H15N3. The summed E-state index contributed by atoms with van der Waals surface area (Å²) in [6, 6.07) is 6.36. The maximum atomic E-state index is 5.41. The number of nitrogens with two attached hydrogens (primary N) is 1. The first kappa shape index (κ1) is 9.93. The lowest BCUT2D eigenvalue weighted by Crippen LogP contribution is -2.10. The molecule has 0 atom stereocenters. The number of fused-ring (bicyclic) bond motifs is 1. The SMILES string of the molecule is Cc1cc(C)c2cc(C)c(NN)nc2c1. The summed E-state index contributed by atoms with van der Waals surface area (Å²) in [5.74, 6) is 6.15. The van der Waals surface area contributed by atoms with Crippen molar-refractivity contribution in [1.82, 2.24) is 4.98 Å². The minimum Gasteiger partial charge on any atom is -0.308 e. The molecule has 0 saturated carbocycles. The summed E-state index contributed by atoms with van der Waals surface area (Å²) in [5, 5.41) is 1.19. The van der Waals surface area contributed by atoms with Crippen LogP contribution in [0.25, 0.3) is 10.9 Å². The number of aryl methyl sites for hydroxylation is 3. The van der Waals surface area contributed by atoms with E-state index in [-0.39, 0.29) is 0 Å². The van der Waals surface area contributed by atoms with Gasteiger partial charge in [-0.3, -0.25) is 0 Å². The van der Waals surface area contributed by atoms with Crippen molar-refractivity contribution in [3.8, 4) is 0 Å². The van der Waals surface area contributed by atoms with Crippen molar-refractivity contribution in [3.63, 3.8) is 0 Å². The van der Waals surface area contributed by atoms with Crippen molar-refractivity contribution in [2.45, 2.75) is 20.8 Å². The molecule has 0 radical (unpaired) electrons. The molecule has 0 aliphatic carbocycles. The third-order valence-corrected chi connectivity index (χ3v) is 2.61. The van der Waals surface area contributed by atoms with Gasteiger partial charge < -0.3 is 5.43 Å². The molecule has 0 aliphatic rings. The summed E-state index contributed by atoms with van der Waals surface area (Å²) >= 11 is 0. The monoisotopic (exact) mass is 201 g/mol. The Morgan fingerprint density at radius 1 is 1.07 bits per heavy atom. The van der Waals surface area contributed by atoms with Gasteiger partial charge in [-0.2, -0.15) is 0 Å². The van der Waals surface area contributed by atoms with Crippen molar-refractivity contribution < 1.29 is 0 Å². The predicted octanol–water partition coefficient (Wildman–Crippen LogP) is 2.45. The Kier molecular flexibility index (Phi) is 2.32. The Morgan fingerprint density at radius 3 is 2.47 bits per heavy atom. The lowest BCUT2D eigenvalue weighted by molar-refractivity contribution is 1.22. The number of hydrogen-bond donors (Lipinski definition) is 2. The van der Waals surface area contributed by atoms with Gasteiger partial charge in [-0.25, -0.2) is 10.8 Å². The normalized spacial score (nSPS) is 10.7. The van der Waals surface area contributed by atoms with Crippen molar-refractivity contribution in [2.24, 2.45) is 5.84 Å². The maximum absolute atomic E-state index is 5.41. The minimum absolute atomic E-state index is 0.743. The third kappa shape index (κ3) is 1.66. The van der Waals surface area contributed by atoms with E-state index in [1.54, 1.807) is 0 Å². The molecule has 0 unspecified atom stereocenters. The Bertz CT molecular complexity index is 518. The van der Waals surface area contributed by atoms with Gasteiger partial charge in [0.1, 0.15) is 5.82 Å². The number of hydrogen-bond acceptors (Lipinski definition) is 3. The number of benzene rings is 1. The topological polar surface area (TPSA) is 50.9 Å². The highest BCUT2D eigenvalue weighted by Gasteiger charge is 2.04. The molecule has 3 nitrogen and oxygen atoms in total.